The predicted octanol–water partition coefficient (Wildman–Crippen LogP) is 7.95. The average molecular weight is 769 g/mol. The zero-order valence-corrected chi connectivity index (χ0v) is 31.1. The molecule has 1 saturated heterocycles. The molecule has 2 aromatic carbocycles. The maximum absolute atomic E-state index is 11.3. The first-order valence-corrected chi connectivity index (χ1v) is 19.6. The molecule has 4 atom stereocenters. The Labute approximate surface area is 314 Å². The summed E-state index contributed by atoms with van der Waals surface area (Å²) in [6.45, 7) is 6.99. The molecule has 0 bridgehead atoms. The minimum absolute atomic E-state index is 0.0248. The molecular formula is C35H40N6O8S3. The number of aromatic nitrogens is 2. The van der Waals surface area contributed by atoms with E-state index in [1.807, 2.05) is 62.4 Å². The first-order valence-electron chi connectivity index (χ1n) is 16.6. The molecule has 0 amide bonds. The second kappa shape index (κ2) is 20.1. The molecule has 1 fully saturated rings. The molecular weight excluding hydrogens is 729 g/mol. The van der Waals surface area contributed by atoms with Crippen LogP contribution in [-0.4, -0.2) is 73.7 Å². The molecule has 52 heavy (non-hydrogen) atoms. The van der Waals surface area contributed by atoms with Gasteiger partial charge in [0.15, 0.2) is 0 Å². The summed E-state index contributed by atoms with van der Waals surface area (Å²) in [5.41, 5.74) is 1.80. The van der Waals surface area contributed by atoms with Crippen LogP contribution in [0.2, 0.25) is 0 Å². The lowest BCUT2D eigenvalue weighted by molar-refractivity contribution is -0.385. The molecule has 14 nitrogen and oxygen atoms in total. The maximum atomic E-state index is 11.3. The largest absolute Gasteiger partial charge is 0.491 e. The molecule has 5 rings (SSSR count). The van der Waals surface area contributed by atoms with Crippen LogP contribution in [0.4, 0.5) is 23.0 Å². The third-order valence-corrected chi connectivity index (χ3v) is 12.5. The number of nitro groups is 2. The number of nitrogens with one attached hydrogen (secondary N) is 2. The van der Waals surface area contributed by atoms with Crippen LogP contribution < -0.4 is 20.1 Å². The molecule has 2 aromatic heterocycles. The van der Waals surface area contributed by atoms with Gasteiger partial charge in [-0.1, -0.05) is 24.3 Å². The fraction of sp³-hybridized carbons (Fsp3) is 0.371. The van der Waals surface area contributed by atoms with Gasteiger partial charge in [0.2, 0.25) is 0 Å². The second-order valence-electron chi connectivity index (χ2n) is 11.1. The van der Waals surface area contributed by atoms with E-state index in [0.29, 0.717) is 51.3 Å². The van der Waals surface area contributed by atoms with Crippen LogP contribution in [0.1, 0.15) is 37.1 Å². The molecule has 276 valence electrons. The van der Waals surface area contributed by atoms with Crippen molar-refractivity contribution in [1.29, 1.82) is 0 Å². The van der Waals surface area contributed by atoms with Gasteiger partial charge < -0.3 is 29.6 Å². The topological polar surface area (TPSA) is 173 Å². The SMILES string of the molecule is CCOCCOc1ccc(C(Nc2ccc([N+](=O)[O-])cn2)C2SCSC(C(Nc3ccc([N+](=O)[O-])cn3)c3ccc(OCCOCC)cc3)S2)cc1. The molecule has 2 N–H and O–H groups in total. The maximum Gasteiger partial charge on any atom is 0.287 e. The Kier molecular flexibility index (Phi) is 15.0. The van der Waals surface area contributed by atoms with E-state index in [1.165, 1.54) is 24.5 Å². The summed E-state index contributed by atoms with van der Waals surface area (Å²) < 4.78 is 22.4. The third kappa shape index (κ3) is 11.4. The Balaban J connectivity index is 1.41. The number of nitrogens with zero attached hydrogens (tertiary/aromatic N) is 4. The third-order valence-electron chi connectivity index (χ3n) is 7.68. The summed E-state index contributed by atoms with van der Waals surface area (Å²) in [4.78, 5) is 30.3. The number of hydrogen-bond donors (Lipinski definition) is 2. The lowest BCUT2D eigenvalue weighted by Gasteiger charge is -2.38. The van der Waals surface area contributed by atoms with Crippen LogP contribution in [0.3, 0.4) is 0 Å². The zero-order chi connectivity index (χ0) is 36.7. The van der Waals surface area contributed by atoms with Gasteiger partial charge in [-0.15, -0.1) is 35.3 Å². The van der Waals surface area contributed by atoms with E-state index >= 15 is 0 Å². The number of benzene rings is 2. The Morgan fingerprint density at radius 3 is 1.44 bits per heavy atom. The van der Waals surface area contributed by atoms with Gasteiger partial charge in [0, 0.05) is 30.4 Å². The quantitative estimate of drug-likeness (QED) is 0.0503. The van der Waals surface area contributed by atoms with Crippen LogP contribution in [0.25, 0.3) is 0 Å². The molecule has 0 aliphatic carbocycles. The number of rotatable bonds is 20. The van der Waals surface area contributed by atoms with Gasteiger partial charge in [0.1, 0.15) is 48.7 Å². The fourth-order valence-electron chi connectivity index (χ4n) is 5.10. The lowest BCUT2D eigenvalue weighted by atomic mass is 10.1. The Bertz CT molecular complexity index is 1580. The van der Waals surface area contributed by atoms with Gasteiger partial charge in [-0.05, 0) is 61.4 Å². The van der Waals surface area contributed by atoms with Gasteiger partial charge >= 0.3 is 0 Å². The highest BCUT2D eigenvalue weighted by Gasteiger charge is 2.36. The monoisotopic (exact) mass is 768 g/mol. The van der Waals surface area contributed by atoms with Crippen molar-refractivity contribution < 1.29 is 28.8 Å². The van der Waals surface area contributed by atoms with E-state index in [9.17, 15) is 20.2 Å². The summed E-state index contributed by atoms with van der Waals surface area (Å²) in [5.74, 6) is 2.46. The molecule has 0 saturated carbocycles. The van der Waals surface area contributed by atoms with E-state index in [1.54, 1.807) is 47.4 Å². The van der Waals surface area contributed by atoms with Gasteiger partial charge in [-0.25, -0.2) is 9.97 Å². The molecule has 3 heterocycles. The number of thioether (sulfide) groups is 3. The molecule has 0 radical (unpaired) electrons. The second-order valence-corrected chi connectivity index (χ2v) is 15.6. The Hall–Kier alpha value is -4.29. The summed E-state index contributed by atoms with van der Waals surface area (Å²) in [5, 5.41) is 30.5. The average Bonchev–Trinajstić information content (AvgIpc) is 3.17. The number of hydrogen-bond acceptors (Lipinski definition) is 15. The summed E-state index contributed by atoms with van der Waals surface area (Å²) >= 11 is 5.35. The van der Waals surface area contributed by atoms with Crippen LogP contribution in [-0.2, 0) is 9.47 Å². The minimum atomic E-state index is -0.473. The van der Waals surface area contributed by atoms with Crippen molar-refractivity contribution in [2.24, 2.45) is 0 Å². The normalized spacial score (nSPS) is 16.7. The van der Waals surface area contributed by atoms with Crippen LogP contribution in [0.15, 0.2) is 85.2 Å². The van der Waals surface area contributed by atoms with E-state index in [-0.39, 0.29) is 32.6 Å². The van der Waals surface area contributed by atoms with Crippen molar-refractivity contribution >= 4 is 58.3 Å². The van der Waals surface area contributed by atoms with Crippen molar-refractivity contribution in [3.8, 4) is 11.5 Å². The van der Waals surface area contributed by atoms with E-state index in [0.717, 1.165) is 27.7 Å². The van der Waals surface area contributed by atoms with Crippen LogP contribution in [0.5, 0.6) is 11.5 Å². The minimum Gasteiger partial charge on any atom is -0.491 e. The van der Waals surface area contributed by atoms with E-state index in [2.05, 4.69) is 20.6 Å². The van der Waals surface area contributed by atoms with Gasteiger partial charge in [0.25, 0.3) is 11.4 Å². The summed E-state index contributed by atoms with van der Waals surface area (Å²) in [6, 6.07) is 21.3. The number of pyridine rings is 2. The van der Waals surface area contributed by atoms with Gasteiger partial charge in [-0.3, -0.25) is 20.2 Å². The Morgan fingerprint density at radius 2 is 1.10 bits per heavy atom. The molecule has 0 spiro atoms. The fourth-order valence-corrected chi connectivity index (χ4v) is 10.9. The van der Waals surface area contributed by atoms with Crippen molar-refractivity contribution in [3.63, 3.8) is 0 Å². The van der Waals surface area contributed by atoms with Crippen molar-refractivity contribution in [3.05, 3.63) is 117 Å². The molecule has 1 aliphatic heterocycles. The zero-order valence-electron chi connectivity index (χ0n) is 28.6. The highest BCUT2D eigenvalue weighted by atomic mass is 32.3. The first-order chi connectivity index (χ1) is 25.3. The summed E-state index contributed by atoms with van der Waals surface area (Å²) in [6.07, 6.45) is 2.49. The van der Waals surface area contributed by atoms with Crippen LogP contribution in [0, 0.1) is 20.2 Å². The molecule has 1 aliphatic rings. The molecule has 4 aromatic rings. The predicted molar refractivity (Wildman–Crippen MR) is 207 cm³/mol. The van der Waals surface area contributed by atoms with Crippen molar-refractivity contribution in [2.75, 3.05) is 55.4 Å². The van der Waals surface area contributed by atoms with Crippen molar-refractivity contribution in [1.82, 2.24) is 9.97 Å². The number of ether oxygens (including phenoxy) is 4. The Morgan fingerprint density at radius 1 is 0.673 bits per heavy atom. The molecule has 17 heteroatoms. The van der Waals surface area contributed by atoms with E-state index < -0.39 is 9.85 Å². The summed E-state index contributed by atoms with van der Waals surface area (Å²) in [7, 11) is 0. The van der Waals surface area contributed by atoms with Crippen LogP contribution >= 0.6 is 35.3 Å². The highest BCUT2D eigenvalue weighted by Crippen LogP contribution is 2.52. The molecule has 4 unspecified atom stereocenters. The first kappa shape index (κ1) is 38.9. The highest BCUT2D eigenvalue weighted by molar-refractivity contribution is 8.33. The van der Waals surface area contributed by atoms with Crippen molar-refractivity contribution in [2.45, 2.75) is 35.1 Å². The van der Waals surface area contributed by atoms with Gasteiger partial charge in [-0.2, -0.15) is 0 Å². The van der Waals surface area contributed by atoms with Gasteiger partial charge in [0.05, 0.1) is 44.3 Å². The lowest BCUT2D eigenvalue weighted by Crippen LogP contribution is -2.30. The smallest absolute Gasteiger partial charge is 0.287 e. The van der Waals surface area contributed by atoms with E-state index in [4.69, 9.17) is 18.9 Å². The standard InChI is InChI=1S/C35H40N6O8S3/c1-3-46-17-19-48-28-11-5-24(6-12-28)32(38-30-15-9-26(21-36-30)40(42)43)34-50-23-51-35(52-34)33(39-31-16-10-27(22-37-31)41(44)45)25-7-13-29(14-8-25)49-20-18-47-4-2/h5-16,21-22,32-35H,3-4,17-20,23H2,1-2H3,(H,36,38)(H,37,39). The number of anilines is 2.